The van der Waals surface area contributed by atoms with Crippen LogP contribution < -0.4 is 9.61 Å². The largest absolute Gasteiger partial charge is 0.379 e. The molecule has 0 saturated heterocycles. The second kappa shape index (κ2) is 8.36. The Labute approximate surface area is 170 Å². The number of carbonyl (C=O) groups excluding carboxylic acids is 1. The second-order valence-corrected chi connectivity index (χ2v) is 7.98. The van der Waals surface area contributed by atoms with Crippen molar-refractivity contribution in [1.29, 1.82) is 0 Å². The third-order valence-corrected chi connectivity index (χ3v) is 5.45. The Morgan fingerprint density at radius 3 is 2.46 bits per heavy atom. The van der Waals surface area contributed by atoms with Crippen molar-refractivity contribution >= 4 is 38.2 Å². The Hall–Kier alpha value is -2.98. The van der Waals surface area contributed by atoms with Gasteiger partial charge in [0.1, 0.15) is 16.3 Å². The highest BCUT2D eigenvalue weighted by molar-refractivity contribution is 9.10. The van der Waals surface area contributed by atoms with Crippen LogP contribution in [-0.2, 0) is 17.2 Å². The lowest BCUT2D eigenvalue weighted by Crippen LogP contribution is -2.21. The molecule has 0 bridgehead atoms. The Kier molecular flexibility index (Phi) is 5.90. The highest BCUT2D eigenvalue weighted by Gasteiger charge is 2.16. The summed E-state index contributed by atoms with van der Waals surface area (Å²) in [5, 5.41) is 7.84. The van der Waals surface area contributed by atoms with E-state index in [-0.39, 0.29) is 10.6 Å². The molecule has 1 N–H and O–H groups in total. The number of hydrogen-bond acceptors (Lipinski definition) is 6. The van der Waals surface area contributed by atoms with Gasteiger partial charge in [-0.3, -0.25) is 9.48 Å². The van der Waals surface area contributed by atoms with Crippen LogP contribution in [0, 0.1) is 0 Å². The Morgan fingerprint density at radius 1 is 1.18 bits per heavy atom. The molecule has 3 aromatic rings. The van der Waals surface area contributed by atoms with E-state index in [1.54, 1.807) is 37.4 Å². The zero-order valence-electron chi connectivity index (χ0n) is 14.6. The summed E-state index contributed by atoms with van der Waals surface area (Å²) < 4.78 is 31.5. The van der Waals surface area contributed by atoms with Crippen LogP contribution in [-0.4, -0.2) is 30.3 Å². The normalized spacial score (nSPS) is 11.5. The van der Waals surface area contributed by atoms with E-state index in [0.717, 1.165) is 0 Å². The maximum atomic E-state index is 12.2. The molecule has 0 fully saturated rings. The van der Waals surface area contributed by atoms with Gasteiger partial charge in [0.15, 0.2) is 0 Å². The first-order chi connectivity index (χ1) is 13.4. The van der Waals surface area contributed by atoms with E-state index >= 15 is 0 Å². The van der Waals surface area contributed by atoms with Gasteiger partial charge in [-0.15, -0.1) is 0 Å². The smallest absolute Gasteiger partial charge is 0.339 e. The standard InChI is InChI=1S/C18H15BrN4O4S/c1-23-17(16(19)12-21-23)18(24)22-20-11-13-7-9-14(10-8-13)27-28(25,26)15-5-3-2-4-6-15/h2-12H,1H3,(H,22,24)/b20-11-. The number of halogens is 1. The Morgan fingerprint density at radius 2 is 1.86 bits per heavy atom. The van der Waals surface area contributed by atoms with Crippen molar-refractivity contribution < 1.29 is 17.4 Å². The van der Waals surface area contributed by atoms with Gasteiger partial charge in [-0.1, -0.05) is 18.2 Å². The number of benzene rings is 2. The van der Waals surface area contributed by atoms with Crippen LogP contribution in [0.15, 0.2) is 75.3 Å². The fourth-order valence-electron chi connectivity index (χ4n) is 2.26. The Balaban J connectivity index is 1.63. The number of nitrogens with one attached hydrogen (secondary N) is 1. The quantitative estimate of drug-likeness (QED) is 0.344. The van der Waals surface area contributed by atoms with Crippen LogP contribution in [0.5, 0.6) is 5.75 Å². The molecule has 0 unspecified atom stereocenters. The lowest BCUT2D eigenvalue weighted by Gasteiger charge is -2.07. The molecule has 1 heterocycles. The van der Waals surface area contributed by atoms with Crippen LogP contribution in [0.2, 0.25) is 0 Å². The fraction of sp³-hybridized carbons (Fsp3) is 0.0556. The van der Waals surface area contributed by atoms with Crippen LogP contribution >= 0.6 is 15.9 Å². The van der Waals surface area contributed by atoms with E-state index in [0.29, 0.717) is 15.7 Å². The molecule has 0 aliphatic heterocycles. The van der Waals surface area contributed by atoms with Gasteiger partial charge in [-0.25, -0.2) is 5.43 Å². The van der Waals surface area contributed by atoms with Gasteiger partial charge >= 0.3 is 10.1 Å². The summed E-state index contributed by atoms with van der Waals surface area (Å²) >= 11 is 3.24. The monoisotopic (exact) mass is 462 g/mol. The number of aryl methyl sites for hydroxylation is 1. The minimum absolute atomic E-state index is 0.0738. The minimum atomic E-state index is -3.89. The Bertz CT molecular complexity index is 1090. The van der Waals surface area contributed by atoms with Gasteiger partial charge in [0.2, 0.25) is 0 Å². The van der Waals surface area contributed by atoms with Crippen LogP contribution in [0.25, 0.3) is 0 Å². The van der Waals surface area contributed by atoms with E-state index < -0.39 is 16.0 Å². The molecule has 0 aliphatic carbocycles. The van der Waals surface area contributed by atoms with Crippen molar-refractivity contribution in [3.63, 3.8) is 0 Å². The van der Waals surface area contributed by atoms with Crippen molar-refractivity contribution in [1.82, 2.24) is 15.2 Å². The molecular weight excluding hydrogens is 448 g/mol. The van der Waals surface area contributed by atoms with Crippen LogP contribution in [0.1, 0.15) is 16.1 Å². The fourth-order valence-corrected chi connectivity index (χ4v) is 3.74. The van der Waals surface area contributed by atoms with E-state index in [9.17, 15) is 13.2 Å². The molecule has 0 aliphatic rings. The third kappa shape index (κ3) is 4.65. The summed E-state index contributed by atoms with van der Waals surface area (Å²) in [5.41, 5.74) is 3.39. The van der Waals surface area contributed by atoms with Crippen molar-refractivity contribution in [3.05, 3.63) is 76.5 Å². The molecule has 144 valence electrons. The lowest BCUT2D eigenvalue weighted by molar-refractivity contribution is 0.0945. The molecule has 3 rings (SSSR count). The summed E-state index contributed by atoms with van der Waals surface area (Å²) in [6, 6.07) is 14.1. The molecule has 10 heteroatoms. The summed E-state index contributed by atoms with van der Waals surface area (Å²) in [6.45, 7) is 0. The minimum Gasteiger partial charge on any atom is -0.379 e. The maximum Gasteiger partial charge on any atom is 0.339 e. The van der Waals surface area contributed by atoms with Gasteiger partial charge < -0.3 is 4.18 Å². The molecule has 0 atom stereocenters. The molecule has 1 amide bonds. The second-order valence-electron chi connectivity index (χ2n) is 5.58. The number of aromatic nitrogens is 2. The molecule has 28 heavy (non-hydrogen) atoms. The van der Waals surface area contributed by atoms with Crippen molar-refractivity contribution in [2.45, 2.75) is 4.90 Å². The van der Waals surface area contributed by atoms with Crippen LogP contribution in [0.4, 0.5) is 0 Å². The predicted octanol–water partition coefficient (Wildman–Crippen LogP) is 2.71. The van der Waals surface area contributed by atoms with E-state index in [1.165, 1.54) is 41.4 Å². The van der Waals surface area contributed by atoms with Gasteiger partial charge in [-0.2, -0.15) is 18.6 Å². The molecule has 0 saturated carbocycles. The number of rotatable bonds is 6. The van der Waals surface area contributed by atoms with Crippen LogP contribution in [0.3, 0.4) is 0 Å². The van der Waals surface area contributed by atoms with Gasteiger partial charge in [0.25, 0.3) is 5.91 Å². The summed E-state index contributed by atoms with van der Waals surface area (Å²) in [5.74, 6) is -0.249. The molecular formula is C18H15BrN4O4S. The lowest BCUT2D eigenvalue weighted by atomic mass is 10.2. The number of amides is 1. The zero-order valence-corrected chi connectivity index (χ0v) is 17.0. The van der Waals surface area contributed by atoms with Crippen molar-refractivity contribution in [3.8, 4) is 5.75 Å². The van der Waals surface area contributed by atoms with Crippen molar-refractivity contribution in [2.75, 3.05) is 0 Å². The highest BCUT2D eigenvalue weighted by atomic mass is 79.9. The predicted molar refractivity (Wildman–Crippen MR) is 107 cm³/mol. The van der Waals surface area contributed by atoms with E-state index in [2.05, 4.69) is 31.6 Å². The maximum absolute atomic E-state index is 12.2. The first kappa shape index (κ1) is 19.8. The van der Waals surface area contributed by atoms with E-state index in [1.807, 2.05) is 0 Å². The molecule has 8 nitrogen and oxygen atoms in total. The summed E-state index contributed by atoms with van der Waals surface area (Å²) in [4.78, 5) is 12.2. The molecule has 1 aromatic heterocycles. The van der Waals surface area contributed by atoms with Gasteiger partial charge in [-0.05, 0) is 57.9 Å². The highest BCUT2D eigenvalue weighted by Crippen LogP contribution is 2.18. The number of nitrogens with zero attached hydrogens (tertiary/aromatic N) is 3. The topological polar surface area (TPSA) is 103 Å². The first-order valence-corrected chi connectivity index (χ1v) is 10.2. The zero-order chi connectivity index (χ0) is 20.1. The number of carbonyl (C=O) groups is 1. The number of hydrogen-bond donors (Lipinski definition) is 1. The first-order valence-electron chi connectivity index (χ1n) is 7.97. The summed E-state index contributed by atoms with van der Waals surface area (Å²) in [6.07, 6.45) is 2.94. The van der Waals surface area contributed by atoms with E-state index in [4.69, 9.17) is 4.18 Å². The molecule has 0 spiro atoms. The number of hydrazone groups is 1. The average Bonchev–Trinajstić information content (AvgIpc) is 3.02. The van der Waals surface area contributed by atoms with Gasteiger partial charge in [0, 0.05) is 7.05 Å². The average molecular weight is 463 g/mol. The SMILES string of the molecule is Cn1ncc(Br)c1C(=O)N/N=C\c1ccc(OS(=O)(=O)c2ccccc2)cc1. The summed E-state index contributed by atoms with van der Waals surface area (Å²) in [7, 11) is -2.25. The molecule has 0 radical (unpaired) electrons. The third-order valence-electron chi connectivity index (χ3n) is 3.61. The van der Waals surface area contributed by atoms with Crippen molar-refractivity contribution in [2.24, 2.45) is 12.1 Å². The molecule has 2 aromatic carbocycles. The van der Waals surface area contributed by atoms with Gasteiger partial charge in [0.05, 0.1) is 16.9 Å².